The molecule has 2 atom stereocenters. The molecule has 0 bridgehead atoms. The van der Waals surface area contributed by atoms with Crippen molar-refractivity contribution in [3.05, 3.63) is 24.0 Å². The Morgan fingerprint density at radius 2 is 2.21 bits per heavy atom. The fourth-order valence-corrected chi connectivity index (χ4v) is 2.81. The number of aliphatic hydroxyl groups is 1. The molecule has 1 saturated heterocycles. The van der Waals surface area contributed by atoms with Gasteiger partial charge >= 0.3 is 12.0 Å². The minimum absolute atomic E-state index is 0.0225. The Morgan fingerprint density at radius 1 is 1.46 bits per heavy atom. The highest BCUT2D eigenvalue weighted by Gasteiger charge is 2.28. The lowest BCUT2D eigenvalue weighted by molar-refractivity contribution is 0.0599. The summed E-state index contributed by atoms with van der Waals surface area (Å²) < 4.78 is 4.65. The van der Waals surface area contributed by atoms with Crippen molar-refractivity contribution in [2.24, 2.45) is 0 Å². The van der Waals surface area contributed by atoms with Crippen molar-refractivity contribution in [3.63, 3.8) is 0 Å². The van der Waals surface area contributed by atoms with E-state index in [2.05, 4.69) is 19.9 Å². The summed E-state index contributed by atoms with van der Waals surface area (Å²) in [7, 11) is 1.29. The standard InChI is InChI=1S/C16H24N4O4/c1-11-9-19(10-12(2)21)4-5-20(11)16(23)18-14-6-13(7-17-8-14)15(22)24-3/h6-8,11-12,21H,4-5,9-10H2,1-3H3,(H,18,23). The number of piperazine rings is 1. The second-order valence-electron chi connectivity index (χ2n) is 6.04. The maximum atomic E-state index is 12.5. The zero-order valence-corrected chi connectivity index (χ0v) is 14.2. The number of nitrogens with zero attached hydrogens (tertiary/aromatic N) is 3. The molecule has 8 heteroatoms. The van der Waals surface area contributed by atoms with Gasteiger partial charge in [-0.05, 0) is 19.9 Å². The number of amides is 2. The van der Waals surface area contributed by atoms with E-state index in [1.165, 1.54) is 25.6 Å². The second kappa shape index (κ2) is 8.07. The molecule has 1 aliphatic heterocycles. The maximum Gasteiger partial charge on any atom is 0.339 e. The summed E-state index contributed by atoms with van der Waals surface area (Å²) >= 11 is 0. The van der Waals surface area contributed by atoms with Crippen LogP contribution >= 0.6 is 0 Å². The fraction of sp³-hybridized carbons (Fsp3) is 0.562. The van der Waals surface area contributed by atoms with Crippen molar-refractivity contribution in [3.8, 4) is 0 Å². The van der Waals surface area contributed by atoms with Crippen LogP contribution in [0.1, 0.15) is 24.2 Å². The molecule has 2 heterocycles. The van der Waals surface area contributed by atoms with Gasteiger partial charge in [0, 0.05) is 38.4 Å². The molecule has 8 nitrogen and oxygen atoms in total. The summed E-state index contributed by atoms with van der Waals surface area (Å²) in [5.41, 5.74) is 0.728. The second-order valence-corrected chi connectivity index (χ2v) is 6.04. The monoisotopic (exact) mass is 336 g/mol. The topological polar surface area (TPSA) is 95.0 Å². The predicted octanol–water partition coefficient (Wildman–Crippen LogP) is 0.787. The summed E-state index contributed by atoms with van der Waals surface area (Å²) in [4.78, 5) is 31.8. The third kappa shape index (κ3) is 4.65. The molecule has 1 fully saturated rings. The molecular weight excluding hydrogens is 312 g/mol. The van der Waals surface area contributed by atoms with E-state index in [-0.39, 0.29) is 23.7 Å². The first-order valence-electron chi connectivity index (χ1n) is 7.92. The van der Waals surface area contributed by atoms with Crippen LogP contribution in [0.3, 0.4) is 0 Å². The highest BCUT2D eigenvalue weighted by molar-refractivity contribution is 5.93. The van der Waals surface area contributed by atoms with Crippen LogP contribution in [-0.4, -0.2) is 77.3 Å². The summed E-state index contributed by atoms with van der Waals surface area (Å²) in [6, 6.07) is 1.32. The molecule has 2 rings (SSSR count). The van der Waals surface area contributed by atoms with Gasteiger partial charge in [-0.15, -0.1) is 0 Å². The number of rotatable bonds is 4. The number of hydrogen-bond acceptors (Lipinski definition) is 6. The smallest absolute Gasteiger partial charge is 0.339 e. The number of carbonyl (C=O) groups is 2. The Kier molecular flexibility index (Phi) is 6.10. The minimum Gasteiger partial charge on any atom is -0.465 e. The molecule has 1 aliphatic rings. The van der Waals surface area contributed by atoms with Gasteiger partial charge in [-0.1, -0.05) is 0 Å². The highest BCUT2D eigenvalue weighted by Crippen LogP contribution is 2.14. The molecule has 1 aromatic rings. The Labute approximate surface area is 141 Å². The van der Waals surface area contributed by atoms with E-state index in [4.69, 9.17) is 0 Å². The van der Waals surface area contributed by atoms with Gasteiger partial charge < -0.3 is 20.1 Å². The number of pyridine rings is 1. The molecule has 0 aromatic carbocycles. The molecule has 2 N–H and O–H groups in total. The molecule has 0 saturated carbocycles. The number of urea groups is 1. The fourth-order valence-electron chi connectivity index (χ4n) is 2.81. The molecule has 0 spiro atoms. The largest absolute Gasteiger partial charge is 0.465 e. The molecular formula is C16H24N4O4. The number of aromatic nitrogens is 1. The minimum atomic E-state index is -0.501. The number of nitrogens with one attached hydrogen (secondary N) is 1. The van der Waals surface area contributed by atoms with E-state index < -0.39 is 5.97 Å². The van der Waals surface area contributed by atoms with E-state index in [0.717, 1.165) is 0 Å². The lowest BCUT2D eigenvalue weighted by Crippen LogP contribution is -2.56. The van der Waals surface area contributed by atoms with E-state index in [1.807, 2.05) is 6.92 Å². The number of aliphatic hydroxyl groups excluding tert-OH is 1. The Balaban J connectivity index is 1.97. The number of β-amino-alcohol motifs (C(OH)–C–C–N with tert-alkyl or cyclic N) is 1. The van der Waals surface area contributed by atoms with E-state index in [1.54, 1.807) is 11.8 Å². The van der Waals surface area contributed by atoms with Gasteiger partial charge in [0.15, 0.2) is 0 Å². The predicted molar refractivity (Wildman–Crippen MR) is 88.9 cm³/mol. The van der Waals surface area contributed by atoms with Gasteiger partial charge in [-0.2, -0.15) is 0 Å². The number of hydrogen-bond donors (Lipinski definition) is 2. The zero-order valence-electron chi connectivity index (χ0n) is 14.2. The van der Waals surface area contributed by atoms with Crippen molar-refractivity contribution in [2.75, 3.05) is 38.6 Å². The number of carbonyl (C=O) groups excluding carboxylic acids is 2. The maximum absolute atomic E-state index is 12.5. The van der Waals surface area contributed by atoms with Gasteiger partial charge in [-0.3, -0.25) is 9.88 Å². The number of ether oxygens (including phenoxy) is 1. The van der Waals surface area contributed by atoms with Crippen LogP contribution in [0.4, 0.5) is 10.5 Å². The summed E-state index contributed by atoms with van der Waals surface area (Å²) in [5.74, 6) is -0.501. The van der Waals surface area contributed by atoms with Crippen LogP contribution in [0.5, 0.6) is 0 Å². The summed E-state index contributed by atoms with van der Waals surface area (Å²) in [6.07, 6.45) is 2.49. The summed E-state index contributed by atoms with van der Waals surface area (Å²) in [5, 5.41) is 12.2. The van der Waals surface area contributed by atoms with Crippen molar-refractivity contribution >= 4 is 17.7 Å². The summed E-state index contributed by atoms with van der Waals surface area (Å²) in [6.45, 7) is 6.32. The Hall–Kier alpha value is -2.19. The normalized spacial score (nSPS) is 19.7. The first kappa shape index (κ1) is 18.2. The first-order chi connectivity index (χ1) is 11.4. The first-order valence-corrected chi connectivity index (χ1v) is 7.92. The quantitative estimate of drug-likeness (QED) is 0.789. The number of methoxy groups -OCH3 is 1. The van der Waals surface area contributed by atoms with Gasteiger partial charge in [0.2, 0.25) is 0 Å². The van der Waals surface area contributed by atoms with Crippen LogP contribution in [0, 0.1) is 0 Å². The molecule has 1 aromatic heterocycles. The molecule has 0 aliphatic carbocycles. The van der Waals surface area contributed by atoms with Crippen LogP contribution in [0.25, 0.3) is 0 Å². The van der Waals surface area contributed by atoms with Crippen LogP contribution < -0.4 is 5.32 Å². The average molecular weight is 336 g/mol. The third-order valence-corrected chi connectivity index (χ3v) is 3.91. The Morgan fingerprint density at radius 3 is 2.83 bits per heavy atom. The van der Waals surface area contributed by atoms with E-state index in [9.17, 15) is 14.7 Å². The molecule has 2 amide bonds. The zero-order chi connectivity index (χ0) is 17.7. The highest BCUT2D eigenvalue weighted by atomic mass is 16.5. The molecule has 132 valence electrons. The molecule has 2 unspecified atom stereocenters. The lowest BCUT2D eigenvalue weighted by atomic mass is 10.2. The lowest BCUT2D eigenvalue weighted by Gasteiger charge is -2.40. The Bertz CT molecular complexity index is 593. The van der Waals surface area contributed by atoms with Gasteiger partial charge in [0.25, 0.3) is 0 Å². The molecule has 0 radical (unpaired) electrons. The molecule has 24 heavy (non-hydrogen) atoms. The number of anilines is 1. The van der Waals surface area contributed by atoms with Gasteiger partial charge in [-0.25, -0.2) is 9.59 Å². The van der Waals surface area contributed by atoms with Crippen molar-refractivity contribution < 1.29 is 19.4 Å². The van der Waals surface area contributed by atoms with E-state index >= 15 is 0 Å². The van der Waals surface area contributed by atoms with Crippen molar-refractivity contribution in [1.29, 1.82) is 0 Å². The van der Waals surface area contributed by atoms with Gasteiger partial charge in [0.05, 0.1) is 30.7 Å². The SMILES string of the molecule is COC(=O)c1cncc(NC(=O)N2CCN(CC(C)O)CC2C)c1. The van der Waals surface area contributed by atoms with Crippen LogP contribution in [-0.2, 0) is 4.74 Å². The van der Waals surface area contributed by atoms with Crippen molar-refractivity contribution in [2.45, 2.75) is 26.0 Å². The van der Waals surface area contributed by atoms with Crippen LogP contribution in [0.15, 0.2) is 18.5 Å². The number of esters is 1. The third-order valence-electron chi connectivity index (χ3n) is 3.91. The van der Waals surface area contributed by atoms with E-state index in [0.29, 0.717) is 31.9 Å². The van der Waals surface area contributed by atoms with Gasteiger partial charge in [0.1, 0.15) is 0 Å². The average Bonchev–Trinajstić information content (AvgIpc) is 2.53. The van der Waals surface area contributed by atoms with Crippen molar-refractivity contribution in [1.82, 2.24) is 14.8 Å². The van der Waals surface area contributed by atoms with Crippen LogP contribution in [0.2, 0.25) is 0 Å².